The van der Waals surface area contributed by atoms with Crippen LogP contribution in [0.25, 0.3) is 0 Å². The molecule has 7 heteroatoms. The topological polar surface area (TPSA) is 85.3 Å². The SMILES string of the molecule is COCCOCOC(C)N(C)C(=O)C[C@@H](CC(C)C)C(=O)O. The maximum Gasteiger partial charge on any atom is 0.307 e. The third kappa shape index (κ3) is 8.96. The molecule has 22 heavy (non-hydrogen) atoms. The number of rotatable bonds is 12. The van der Waals surface area contributed by atoms with Gasteiger partial charge >= 0.3 is 5.97 Å². The van der Waals surface area contributed by atoms with Crippen molar-refractivity contribution in [2.75, 3.05) is 34.2 Å². The van der Waals surface area contributed by atoms with E-state index in [2.05, 4.69) is 0 Å². The Morgan fingerprint density at radius 3 is 2.32 bits per heavy atom. The van der Waals surface area contributed by atoms with E-state index in [0.717, 1.165) is 0 Å². The van der Waals surface area contributed by atoms with Crippen LogP contribution in [0.5, 0.6) is 0 Å². The van der Waals surface area contributed by atoms with Crippen LogP contribution in [0, 0.1) is 11.8 Å². The lowest BCUT2D eigenvalue weighted by Gasteiger charge is -2.26. The van der Waals surface area contributed by atoms with Gasteiger partial charge in [0.1, 0.15) is 13.0 Å². The molecule has 0 saturated carbocycles. The van der Waals surface area contributed by atoms with Crippen LogP contribution in [-0.4, -0.2) is 62.3 Å². The molecule has 1 unspecified atom stereocenters. The van der Waals surface area contributed by atoms with Gasteiger partial charge in [-0.25, -0.2) is 0 Å². The Hall–Kier alpha value is -1.18. The van der Waals surface area contributed by atoms with Crippen LogP contribution in [0.15, 0.2) is 0 Å². The van der Waals surface area contributed by atoms with Crippen LogP contribution < -0.4 is 0 Å². The molecule has 0 aliphatic heterocycles. The van der Waals surface area contributed by atoms with Gasteiger partial charge in [-0.3, -0.25) is 9.59 Å². The van der Waals surface area contributed by atoms with E-state index in [1.54, 1.807) is 21.1 Å². The van der Waals surface area contributed by atoms with Gasteiger partial charge < -0.3 is 24.2 Å². The molecule has 7 nitrogen and oxygen atoms in total. The van der Waals surface area contributed by atoms with E-state index >= 15 is 0 Å². The van der Waals surface area contributed by atoms with Gasteiger partial charge in [-0.15, -0.1) is 0 Å². The van der Waals surface area contributed by atoms with Gasteiger partial charge in [0.05, 0.1) is 19.1 Å². The maximum atomic E-state index is 12.1. The Kier molecular flexibility index (Phi) is 10.8. The van der Waals surface area contributed by atoms with Crippen molar-refractivity contribution in [3.63, 3.8) is 0 Å². The van der Waals surface area contributed by atoms with E-state index in [-0.39, 0.29) is 25.0 Å². The van der Waals surface area contributed by atoms with Crippen LogP contribution in [0.3, 0.4) is 0 Å². The minimum Gasteiger partial charge on any atom is -0.481 e. The number of aliphatic carboxylic acids is 1. The highest BCUT2D eigenvalue weighted by Crippen LogP contribution is 2.17. The van der Waals surface area contributed by atoms with E-state index < -0.39 is 18.1 Å². The fourth-order valence-corrected chi connectivity index (χ4v) is 1.86. The largest absolute Gasteiger partial charge is 0.481 e. The number of carboxylic acid groups (broad SMARTS) is 1. The number of ether oxygens (including phenoxy) is 3. The fraction of sp³-hybridized carbons (Fsp3) is 0.867. The van der Waals surface area contributed by atoms with Gasteiger partial charge in [0.15, 0.2) is 0 Å². The Morgan fingerprint density at radius 1 is 1.18 bits per heavy atom. The third-order valence-electron chi connectivity index (χ3n) is 3.29. The number of carboxylic acids is 1. The molecule has 0 saturated heterocycles. The standard InChI is InChI=1S/C15H29NO6/c1-11(2)8-13(15(18)19)9-14(17)16(4)12(3)22-10-21-7-6-20-5/h11-13H,6-10H2,1-5H3,(H,18,19)/t12?,13-/m1/s1. The predicted molar refractivity (Wildman–Crippen MR) is 81.2 cm³/mol. The summed E-state index contributed by atoms with van der Waals surface area (Å²) in [6.07, 6.45) is -0.0319. The highest BCUT2D eigenvalue weighted by molar-refractivity contribution is 5.82. The first kappa shape index (κ1) is 20.8. The zero-order chi connectivity index (χ0) is 17.1. The predicted octanol–water partition coefficient (Wildman–Crippen LogP) is 1.56. The Morgan fingerprint density at radius 2 is 1.82 bits per heavy atom. The summed E-state index contributed by atoms with van der Waals surface area (Å²) in [7, 11) is 3.17. The molecule has 1 amide bonds. The summed E-state index contributed by atoms with van der Waals surface area (Å²) >= 11 is 0. The average Bonchev–Trinajstić information content (AvgIpc) is 2.44. The number of carbonyl (C=O) groups is 2. The second kappa shape index (κ2) is 11.4. The quantitative estimate of drug-likeness (QED) is 0.434. The summed E-state index contributed by atoms with van der Waals surface area (Å²) < 4.78 is 15.4. The van der Waals surface area contributed by atoms with Gasteiger partial charge in [-0.05, 0) is 19.3 Å². The minimum absolute atomic E-state index is 0.0256. The molecule has 0 fully saturated rings. The van der Waals surface area contributed by atoms with Gasteiger partial charge in [0.2, 0.25) is 5.91 Å². The molecule has 0 aromatic heterocycles. The van der Waals surface area contributed by atoms with E-state index in [9.17, 15) is 14.7 Å². The van der Waals surface area contributed by atoms with E-state index in [1.165, 1.54) is 4.90 Å². The summed E-state index contributed by atoms with van der Waals surface area (Å²) in [5.41, 5.74) is 0. The summed E-state index contributed by atoms with van der Waals surface area (Å²) in [5, 5.41) is 9.18. The zero-order valence-electron chi connectivity index (χ0n) is 14.2. The molecule has 0 radical (unpaired) electrons. The molecular formula is C15H29NO6. The van der Waals surface area contributed by atoms with Gasteiger partial charge in [0.25, 0.3) is 0 Å². The second-order valence-electron chi connectivity index (χ2n) is 5.66. The van der Waals surface area contributed by atoms with Crippen LogP contribution in [0.2, 0.25) is 0 Å². The number of carbonyl (C=O) groups excluding carboxylic acids is 1. The first-order chi connectivity index (χ1) is 10.3. The Balaban J connectivity index is 4.23. The monoisotopic (exact) mass is 319 g/mol. The normalized spacial score (nSPS) is 13.9. The number of amides is 1. The molecule has 0 rings (SSSR count). The molecule has 0 spiro atoms. The van der Waals surface area contributed by atoms with Crippen molar-refractivity contribution in [2.45, 2.75) is 39.8 Å². The molecular weight excluding hydrogens is 290 g/mol. The second-order valence-corrected chi connectivity index (χ2v) is 5.66. The smallest absolute Gasteiger partial charge is 0.307 e. The van der Waals surface area contributed by atoms with Crippen molar-refractivity contribution in [1.29, 1.82) is 0 Å². The lowest BCUT2D eigenvalue weighted by Crippen LogP contribution is -2.39. The third-order valence-corrected chi connectivity index (χ3v) is 3.29. The lowest BCUT2D eigenvalue weighted by atomic mass is 9.94. The first-order valence-corrected chi connectivity index (χ1v) is 7.46. The van der Waals surface area contributed by atoms with Crippen molar-refractivity contribution >= 4 is 11.9 Å². The van der Waals surface area contributed by atoms with E-state index in [0.29, 0.717) is 19.6 Å². The average molecular weight is 319 g/mol. The molecule has 1 N–H and O–H groups in total. The Bertz CT molecular complexity index is 334. The Labute approximate surface area is 132 Å². The fourth-order valence-electron chi connectivity index (χ4n) is 1.86. The molecule has 0 aromatic carbocycles. The minimum atomic E-state index is -0.938. The number of hydrogen-bond donors (Lipinski definition) is 1. The first-order valence-electron chi connectivity index (χ1n) is 7.46. The van der Waals surface area contributed by atoms with E-state index in [4.69, 9.17) is 14.2 Å². The maximum absolute atomic E-state index is 12.1. The molecule has 130 valence electrons. The number of hydrogen-bond acceptors (Lipinski definition) is 5. The van der Waals surface area contributed by atoms with Crippen molar-refractivity contribution in [1.82, 2.24) is 4.90 Å². The van der Waals surface area contributed by atoms with Gasteiger partial charge in [-0.2, -0.15) is 0 Å². The molecule has 0 aliphatic carbocycles. The number of methoxy groups -OCH3 is 1. The summed E-state index contributed by atoms with van der Waals surface area (Å²) in [6, 6.07) is 0. The molecule has 0 aliphatic rings. The number of nitrogens with zero attached hydrogens (tertiary/aromatic N) is 1. The van der Waals surface area contributed by atoms with E-state index in [1.807, 2.05) is 13.8 Å². The van der Waals surface area contributed by atoms with Crippen LogP contribution in [-0.2, 0) is 23.8 Å². The van der Waals surface area contributed by atoms with Crippen LogP contribution in [0.4, 0.5) is 0 Å². The lowest BCUT2D eigenvalue weighted by molar-refractivity contribution is -0.161. The molecule has 0 bridgehead atoms. The molecule has 0 heterocycles. The summed E-state index contributed by atoms with van der Waals surface area (Å²) in [4.78, 5) is 24.7. The van der Waals surface area contributed by atoms with Gasteiger partial charge in [-0.1, -0.05) is 13.8 Å². The molecule has 2 atom stereocenters. The van der Waals surface area contributed by atoms with Crippen molar-refractivity contribution in [3.05, 3.63) is 0 Å². The van der Waals surface area contributed by atoms with Gasteiger partial charge in [0, 0.05) is 20.6 Å². The van der Waals surface area contributed by atoms with Crippen molar-refractivity contribution in [2.24, 2.45) is 11.8 Å². The van der Waals surface area contributed by atoms with Crippen molar-refractivity contribution < 1.29 is 28.9 Å². The zero-order valence-corrected chi connectivity index (χ0v) is 14.2. The van der Waals surface area contributed by atoms with Crippen molar-refractivity contribution in [3.8, 4) is 0 Å². The highest BCUT2D eigenvalue weighted by atomic mass is 16.7. The van der Waals surface area contributed by atoms with Crippen LogP contribution >= 0.6 is 0 Å². The highest BCUT2D eigenvalue weighted by Gasteiger charge is 2.25. The molecule has 0 aromatic rings. The summed E-state index contributed by atoms with van der Waals surface area (Å²) in [5.74, 6) is -1.63. The van der Waals surface area contributed by atoms with Crippen LogP contribution in [0.1, 0.15) is 33.6 Å². The summed E-state index contributed by atoms with van der Waals surface area (Å²) in [6.45, 7) is 6.53.